The van der Waals surface area contributed by atoms with Crippen LogP contribution in [0.15, 0.2) is 18.5 Å². The molecule has 0 bridgehead atoms. The number of aromatic nitrogens is 3. The van der Waals surface area contributed by atoms with E-state index < -0.39 is 23.7 Å². The van der Waals surface area contributed by atoms with Gasteiger partial charge in [0.2, 0.25) is 5.82 Å². The van der Waals surface area contributed by atoms with Gasteiger partial charge in [-0.1, -0.05) is 0 Å². The quantitative estimate of drug-likeness (QED) is 0.807. The molecule has 4 rings (SSSR count). The van der Waals surface area contributed by atoms with Crippen molar-refractivity contribution in [3.63, 3.8) is 0 Å². The molecule has 0 aromatic carbocycles. The fourth-order valence-electron chi connectivity index (χ4n) is 3.63. The van der Waals surface area contributed by atoms with Gasteiger partial charge in [0.15, 0.2) is 11.6 Å². The summed E-state index contributed by atoms with van der Waals surface area (Å²) in [6, 6.07) is 0.163. The predicted molar refractivity (Wildman–Crippen MR) is 104 cm³/mol. The lowest BCUT2D eigenvalue weighted by atomic mass is 9.94. The minimum Gasteiger partial charge on any atom is -0.487 e. The van der Waals surface area contributed by atoms with Gasteiger partial charge in [0.05, 0.1) is 11.9 Å². The van der Waals surface area contributed by atoms with Crippen LogP contribution in [0.2, 0.25) is 0 Å². The molecule has 2 aromatic heterocycles. The van der Waals surface area contributed by atoms with E-state index in [9.17, 15) is 14.0 Å². The first-order valence-corrected chi connectivity index (χ1v) is 9.72. The third-order valence-corrected chi connectivity index (χ3v) is 5.28. The van der Waals surface area contributed by atoms with Gasteiger partial charge in [-0.15, -0.1) is 0 Å². The van der Waals surface area contributed by atoms with Crippen molar-refractivity contribution in [3.8, 4) is 5.75 Å². The SMILES string of the molecule is Cc1cnc(C(=O)NC2COc3cc(F)cnc3N(C)C2=O)nc1C1CCOCC1. The number of nitrogens with zero attached hydrogens (tertiary/aromatic N) is 4. The summed E-state index contributed by atoms with van der Waals surface area (Å²) in [5, 5.41) is 2.63. The Balaban J connectivity index is 1.52. The van der Waals surface area contributed by atoms with Gasteiger partial charge in [-0.25, -0.2) is 19.3 Å². The van der Waals surface area contributed by atoms with E-state index in [2.05, 4.69) is 20.3 Å². The van der Waals surface area contributed by atoms with Crippen molar-refractivity contribution in [2.45, 2.75) is 31.7 Å². The molecule has 1 atom stereocenters. The topological polar surface area (TPSA) is 107 Å². The van der Waals surface area contributed by atoms with Crippen LogP contribution in [-0.2, 0) is 9.53 Å². The molecule has 4 heterocycles. The number of anilines is 1. The molecule has 30 heavy (non-hydrogen) atoms. The Bertz CT molecular complexity index is 980. The fraction of sp³-hybridized carbons (Fsp3) is 0.450. The van der Waals surface area contributed by atoms with E-state index in [0.29, 0.717) is 13.2 Å². The zero-order valence-electron chi connectivity index (χ0n) is 16.7. The Hall–Kier alpha value is -3.14. The standard InChI is InChI=1S/C20H22FN5O4/c1-11-8-22-17(25-16(11)12-3-5-29-6-4-12)19(27)24-14-10-30-15-7-13(21)9-23-18(15)26(2)20(14)28/h7-9,12,14H,3-6,10H2,1-2H3,(H,24,27). The van der Waals surface area contributed by atoms with Gasteiger partial charge in [0, 0.05) is 38.4 Å². The van der Waals surface area contributed by atoms with Crippen LogP contribution in [0.3, 0.4) is 0 Å². The highest BCUT2D eigenvalue weighted by molar-refractivity contribution is 6.01. The molecule has 1 saturated heterocycles. The van der Waals surface area contributed by atoms with E-state index in [1.807, 2.05) is 6.92 Å². The summed E-state index contributed by atoms with van der Waals surface area (Å²) in [6.07, 6.45) is 4.29. The number of fused-ring (bicyclic) bond motifs is 1. The third-order valence-electron chi connectivity index (χ3n) is 5.28. The van der Waals surface area contributed by atoms with E-state index in [-0.39, 0.29) is 29.9 Å². The maximum Gasteiger partial charge on any atom is 0.289 e. The number of halogens is 1. The van der Waals surface area contributed by atoms with Crippen molar-refractivity contribution < 1.29 is 23.5 Å². The van der Waals surface area contributed by atoms with Crippen LogP contribution >= 0.6 is 0 Å². The number of hydrogen-bond acceptors (Lipinski definition) is 7. The first-order chi connectivity index (χ1) is 14.4. The molecule has 0 saturated carbocycles. The average Bonchev–Trinajstić information content (AvgIpc) is 2.86. The molecule has 158 valence electrons. The van der Waals surface area contributed by atoms with Crippen LogP contribution < -0.4 is 15.0 Å². The van der Waals surface area contributed by atoms with Gasteiger partial charge in [-0.3, -0.25) is 14.5 Å². The summed E-state index contributed by atoms with van der Waals surface area (Å²) in [4.78, 5) is 39.3. The summed E-state index contributed by atoms with van der Waals surface area (Å²) < 4.78 is 24.4. The molecule has 2 aliphatic heterocycles. The van der Waals surface area contributed by atoms with Crippen LogP contribution in [-0.4, -0.2) is 59.7 Å². The van der Waals surface area contributed by atoms with Crippen LogP contribution in [0, 0.1) is 12.7 Å². The molecule has 0 radical (unpaired) electrons. The highest BCUT2D eigenvalue weighted by Gasteiger charge is 2.32. The molecule has 0 aliphatic carbocycles. The Morgan fingerprint density at radius 1 is 1.27 bits per heavy atom. The number of likely N-dealkylation sites (N-methyl/N-ethyl adjacent to an activating group) is 1. The highest BCUT2D eigenvalue weighted by Crippen LogP contribution is 2.29. The first-order valence-electron chi connectivity index (χ1n) is 9.72. The maximum absolute atomic E-state index is 13.5. The number of ether oxygens (including phenoxy) is 2. The second kappa shape index (κ2) is 8.31. The van der Waals surface area contributed by atoms with Crippen LogP contribution in [0.1, 0.15) is 40.6 Å². The van der Waals surface area contributed by atoms with E-state index >= 15 is 0 Å². The van der Waals surface area contributed by atoms with Crippen LogP contribution in [0.25, 0.3) is 0 Å². The molecule has 2 aromatic rings. The van der Waals surface area contributed by atoms with Crippen molar-refractivity contribution in [3.05, 3.63) is 41.4 Å². The largest absolute Gasteiger partial charge is 0.487 e. The molecule has 10 heteroatoms. The fourth-order valence-corrected chi connectivity index (χ4v) is 3.63. The molecular weight excluding hydrogens is 393 g/mol. The molecule has 2 aliphatic rings. The molecule has 1 fully saturated rings. The Labute approximate surface area is 172 Å². The van der Waals surface area contributed by atoms with E-state index in [1.165, 1.54) is 11.9 Å². The van der Waals surface area contributed by atoms with Gasteiger partial charge in [0.1, 0.15) is 18.5 Å². The number of rotatable bonds is 3. The van der Waals surface area contributed by atoms with E-state index in [1.54, 1.807) is 6.20 Å². The second-order valence-corrected chi connectivity index (χ2v) is 7.36. The minimum atomic E-state index is -0.990. The summed E-state index contributed by atoms with van der Waals surface area (Å²) in [6.45, 7) is 3.06. The third kappa shape index (κ3) is 3.95. The van der Waals surface area contributed by atoms with Crippen LogP contribution in [0.5, 0.6) is 5.75 Å². The number of hydrogen-bond donors (Lipinski definition) is 1. The number of nitrogens with one attached hydrogen (secondary N) is 1. The van der Waals surface area contributed by atoms with E-state index in [0.717, 1.165) is 36.4 Å². The lowest BCUT2D eigenvalue weighted by molar-refractivity contribution is -0.120. The Morgan fingerprint density at radius 2 is 2.03 bits per heavy atom. The molecule has 2 amide bonds. The van der Waals surface area contributed by atoms with Gasteiger partial charge < -0.3 is 14.8 Å². The summed E-state index contributed by atoms with van der Waals surface area (Å²) in [7, 11) is 1.49. The lowest BCUT2D eigenvalue weighted by Gasteiger charge is -2.23. The molecule has 1 unspecified atom stereocenters. The van der Waals surface area contributed by atoms with Crippen molar-refractivity contribution in [1.82, 2.24) is 20.3 Å². The number of carbonyl (C=O) groups is 2. The minimum absolute atomic E-state index is 0.0107. The number of aryl methyl sites for hydroxylation is 1. The molecule has 1 N–H and O–H groups in total. The first kappa shape index (κ1) is 20.1. The number of amides is 2. The van der Waals surface area contributed by atoms with E-state index in [4.69, 9.17) is 9.47 Å². The van der Waals surface area contributed by atoms with Crippen molar-refractivity contribution in [1.29, 1.82) is 0 Å². The number of carbonyl (C=O) groups excluding carboxylic acids is 2. The smallest absolute Gasteiger partial charge is 0.289 e. The monoisotopic (exact) mass is 415 g/mol. The van der Waals surface area contributed by atoms with Gasteiger partial charge in [-0.05, 0) is 25.3 Å². The van der Waals surface area contributed by atoms with Crippen molar-refractivity contribution in [2.24, 2.45) is 0 Å². The zero-order valence-corrected chi connectivity index (χ0v) is 16.7. The molecular formula is C20H22FN5O4. The normalized spacial score (nSPS) is 19.6. The summed E-state index contributed by atoms with van der Waals surface area (Å²) in [5.41, 5.74) is 1.74. The van der Waals surface area contributed by atoms with Crippen molar-refractivity contribution >= 4 is 17.6 Å². The van der Waals surface area contributed by atoms with Crippen LogP contribution in [0.4, 0.5) is 10.2 Å². The number of pyridine rings is 1. The summed E-state index contributed by atoms with van der Waals surface area (Å²) >= 11 is 0. The van der Waals surface area contributed by atoms with Gasteiger partial charge in [0.25, 0.3) is 11.8 Å². The predicted octanol–water partition coefficient (Wildman–Crippen LogP) is 1.37. The summed E-state index contributed by atoms with van der Waals surface area (Å²) in [5.74, 6) is -1.07. The molecule has 0 spiro atoms. The maximum atomic E-state index is 13.5. The Morgan fingerprint density at radius 3 is 2.80 bits per heavy atom. The molecule has 9 nitrogen and oxygen atoms in total. The second-order valence-electron chi connectivity index (χ2n) is 7.36. The Kier molecular flexibility index (Phi) is 5.58. The zero-order chi connectivity index (χ0) is 21.3. The lowest BCUT2D eigenvalue weighted by Crippen LogP contribution is -2.49. The highest BCUT2D eigenvalue weighted by atomic mass is 19.1. The van der Waals surface area contributed by atoms with Gasteiger partial charge in [-0.2, -0.15) is 0 Å². The van der Waals surface area contributed by atoms with Crippen molar-refractivity contribution in [2.75, 3.05) is 31.8 Å². The van der Waals surface area contributed by atoms with Gasteiger partial charge >= 0.3 is 0 Å². The average molecular weight is 415 g/mol.